The van der Waals surface area contributed by atoms with Crippen molar-refractivity contribution in [3.05, 3.63) is 0 Å². The number of hydrogen-bond donors (Lipinski definition) is 2. The summed E-state index contributed by atoms with van der Waals surface area (Å²) in [4.78, 5) is 0. The maximum Gasteiger partial charge on any atom is 0.0963 e. The average molecular weight is 230 g/mol. The highest BCUT2D eigenvalue weighted by atomic mass is 32.2. The summed E-state index contributed by atoms with van der Waals surface area (Å²) in [6.07, 6.45) is 6.11. The lowest BCUT2D eigenvalue weighted by Crippen LogP contribution is -2.30. The highest BCUT2D eigenvalue weighted by molar-refractivity contribution is 7.99. The maximum atomic E-state index is 7.44. The average Bonchev–Trinajstić information content (AvgIpc) is 2.16. The van der Waals surface area contributed by atoms with Crippen molar-refractivity contribution in [2.75, 3.05) is 11.5 Å². The zero-order valence-corrected chi connectivity index (χ0v) is 11.3. The van der Waals surface area contributed by atoms with Gasteiger partial charge in [-0.2, -0.15) is 11.8 Å². The van der Waals surface area contributed by atoms with E-state index in [4.69, 9.17) is 11.1 Å². The molecular formula is C12H26N2S. The molecule has 0 aliphatic carbocycles. The summed E-state index contributed by atoms with van der Waals surface area (Å²) in [5.74, 6) is 2.88. The Balaban J connectivity index is 3.35. The van der Waals surface area contributed by atoms with Gasteiger partial charge in [-0.25, -0.2) is 0 Å². The van der Waals surface area contributed by atoms with Crippen molar-refractivity contribution in [3.8, 4) is 0 Å². The third-order valence-corrected chi connectivity index (χ3v) is 3.87. The number of nitrogens with one attached hydrogen (secondary N) is 1. The summed E-state index contributed by atoms with van der Waals surface area (Å²) < 4.78 is 0. The second kappa shape index (κ2) is 8.03. The van der Waals surface area contributed by atoms with Crippen LogP contribution >= 0.6 is 11.8 Å². The second-order valence-electron chi connectivity index (χ2n) is 4.72. The van der Waals surface area contributed by atoms with Crippen molar-refractivity contribution in [3.63, 3.8) is 0 Å². The van der Waals surface area contributed by atoms with E-state index in [1.807, 2.05) is 0 Å². The monoisotopic (exact) mass is 230 g/mol. The first-order valence-corrected chi connectivity index (χ1v) is 7.08. The highest BCUT2D eigenvalue weighted by Crippen LogP contribution is 2.23. The number of unbranched alkanes of at least 4 members (excludes halogenated alkanes) is 2. The summed E-state index contributed by atoms with van der Waals surface area (Å²) >= 11 is 2.05. The van der Waals surface area contributed by atoms with Crippen LogP contribution in [0.1, 0.15) is 52.9 Å². The number of thioether (sulfide) groups is 1. The predicted octanol–water partition coefficient (Wildman–Crippen LogP) is 3.65. The van der Waals surface area contributed by atoms with Crippen LogP contribution in [-0.2, 0) is 0 Å². The molecule has 0 rings (SSSR count). The molecule has 0 saturated carbocycles. The first kappa shape index (κ1) is 14.8. The largest absolute Gasteiger partial charge is 0.387 e. The number of rotatable bonds is 9. The third-order valence-electron chi connectivity index (χ3n) is 2.71. The molecule has 3 heteroatoms. The van der Waals surface area contributed by atoms with Crippen LogP contribution in [0.3, 0.4) is 0 Å². The number of hydrogen-bond acceptors (Lipinski definition) is 2. The highest BCUT2D eigenvalue weighted by Gasteiger charge is 2.20. The van der Waals surface area contributed by atoms with Gasteiger partial charge in [-0.05, 0) is 30.8 Å². The molecule has 0 aromatic heterocycles. The zero-order chi connectivity index (χ0) is 11.7. The van der Waals surface area contributed by atoms with Crippen LogP contribution in [0.15, 0.2) is 0 Å². The molecule has 0 atom stereocenters. The minimum atomic E-state index is -0.103. The molecule has 0 amide bonds. The standard InChI is InChI=1S/C12H26N2S/c1-4-5-9-15-10-7-6-8-12(2,3)11(13)14/h4-10H2,1-3H3,(H3,13,14). The molecule has 0 radical (unpaired) electrons. The lowest BCUT2D eigenvalue weighted by atomic mass is 9.86. The molecule has 0 heterocycles. The molecule has 0 aliphatic heterocycles. The van der Waals surface area contributed by atoms with Gasteiger partial charge in [0, 0.05) is 5.41 Å². The smallest absolute Gasteiger partial charge is 0.0963 e. The van der Waals surface area contributed by atoms with Crippen molar-refractivity contribution in [2.24, 2.45) is 11.1 Å². The van der Waals surface area contributed by atoms with Crippen LogP contribution in [0.25, 0.3) is 0 Å². The van der Waals surface area contributed by atoms with Crippen LogP contribution in [0.2, 0.25) is 0 Å². The van der Waals surface area contributed by atoms with E-state index < -0.39 is 0 Å². The molecule has 0 bridgehead atoms. The maximum absolute atomic E-state index is 7.44. The fraction of sp³-hybridized carbons (Fsp3) is 0.917. The van der Waals surface area contributed by atoms with Gasteiger partial charge in [-0.3, -0.25) is 5.41 Å². The Morgan fingerprint density at radius 3 is 2.33 bits per heavy atom. The Morgan fingerprint density at radius 2 is 1.80 bits per heavy atom. The summed E-state index contributed by atoms with van der Waals surface area (Å²) in [7, 11) is 0. The van der Waals surface area contributed by atoms with Crippen molar-refractivity contribution < 1.29 is 0 Å². The van der Waals surface area contributed by atoms with Gasteiger partial charge in [0.05, 0.1) is 5.84 Å². The number of nitrogens with two attached hydrogens (primary N) is 1. The SMILES string of the molecule is CCCCSCCCCC(C)(C)C(=N)N. The van der Waals surface area contributed by atoms with Crippen LogP contribution in [-0.4, -0.2) is 17.3 Å². The van der Waals surface area contributed by atoms with Crippen molar-refractivity contribution in [2.45, 2.75) is 52.9 Å². The molecular weight excluding hydrogens is 204 g/mol. The van der Waals surface area contributed by atoms with Gasteiger partial charge in [-0.1, -0.05) is 33.6 Å². The van der Waals surface area contributed by atoms with Gasteiger partial charge in [-0.15, -0.1) is 0 Å². The van der Waals surface area contributed by atoms with E-state index in [2.05, 4.69) is 32.5 Å². The van der Waals surface area contributed by atoms with Gasteiger partial charge >= 0.3 is 0 Å². The second-order valence-corrected chi connectivity index (χ2v) is 5.95. The molecule has 0 aliphatic rings. The van der Waals surface area contributed by atoms with E-state index in [0.29, 0.717) is 5.84 Å². The summed E-state index contributed by atoms with van der Waals surface area (Å²) in [5, 5.41) is 7.44. The van der Waals surface area contributed by atoms with Crippen molar-refractivity contribution >= 4 is 17.6 Å². The lowest BCUT2D eigenvalue weighted by molar-refractivity contribution is 0.448. The van der Waals surface area contributed by atoms with Crippen LogP contribution in [0.5, 0.6) is 0 Å². The third kappa shape index (κ3) is 7.71. The molecule has 0 spiro atoms. The molecule has 0 fully saturated rings. The van der Waals surface area contributed by atoms with Crippen LogP contribution < -0.4 is 5.73 Å². The normalized spacial score (nSPS) is 11.7. The van der Waals surface area contributed by atoms with Crippen molar-refractivity contribution in [1.82, 2.24) is 0 Å². The molecule has 90 valence electrons. The van der Waals surface area contributed by atoms with Gasteiger partial charge in [0.2, 0.25) is 0 Å². The zero-order valence-electron chi connectivity index (χ0n) is 10.4. The fourth-order valence-electron chi connectivity index (χ4n) is 1.25. The predicted molar refractivity (Wildman–Crippen MR) is 71.8 cm³/mol. The molecule has 0 unspecified atom stereocenters. The topological polar surface area (TPSA) is 49.9 Å². The van der Waals surface area contributed by atoms with Gasteiger partial charge in [0.1, 0.15) is 0 Å². The number of amidine groups is 1. The Morgan fingerprint density at radius 1 is 1.20 bits per heavy atom. The molecule has 0 aromatic rings. The Hall–Kier alpha value is -0.180. The minimum Gasteiger partial charge on any atom is -0.387 e. The summed E-state index contributed by atoms with van der Waals surface area (Å²) in [6, 6.07) is 0. The van der Waals surface area contributed by atoms with Gasteiger partial charge in [0.15, 0.2) is 0 Å². The first-order valence-electron chi connectivity index (χ1n) is 5.93. The summed E-state index contributed by atoms with van der Waals surface area (Å²) in [5.41, 5.74) is 5.43. The Kier molecular flexibility index (Phi) is 7.93. The molecule has 15 heavy (non-hydrogen) atoms. The van der Waals surface area contributed by atoms with E-state index in [1.54, 1.807) is 0 Å². The van der Waals surface area contributed by atoms with Crippen LogP contribution in [0.4, 0.5) is 0 Å². The Labute approximate surface area is 98.9 Å². The fourth-order valence-corrected chi connectivity index (χ4v) is 2.36. The van der Waals surface area contributed by atoms with Gasteiger partial charge < -0.3 is 5.73 Å². The van der Waals surface area contributed by atoms with E-state index in [1.165, 1.54) is 37.2 Å². The minimum absolute atomic E-state index is 0.103. The first-order chi connectivity index (χ1) is 7.00. The van der Waals surface area contributed by atoms with Gasteiger partial charge in [0.25, 0.3) is 0 Å². The summed E-state index contributed by atoms with van der Waals surface area (Å²) in [6.45, 7) is 6.34. The Bertz CT molecular complexity index is 178. The molecule has 0 aromatic carbocycles. The molecule has 0 saturated heterocycles. The van der Waals surface area contributed by atoms with E-state index in [9.17, 15) is 0 Å². The lowest BCUT2D eigenvalue weighted by Gasteiger charge is -2.22. The molecule has 3 N–H and O–H groups in total. The molecule has 2 nitrogen and oxygen atoms in total. The van der Waals surface area contributed by atoms with Crippen LogP contribution in [0, 0.1) is 10.8 Å². The van der Waals surface area contributed by atoms with Crippen molar-refractivity contribution in [1.29, 1.82) is 5.41 Å². The van der Waals surface area contributed by atoms with E-state index in [-0.39, 0.29) is 5.41 Å². The van der Waals surface area contributed by atoms with E-state index in [0.717, 1.165) is 6.42 Å². The van der Waals surface area contributed by atoms with E-state index >= 15 is 0 Å². The quantitative estimate of drug-likeness (QED) is 0.361.